The number of hydrogen-bond acceptors (Lipinski definition) is 6. The lowest BCUT2D eigenvalue weighted by atomic mass is 10.2. The first-order valence-corrected chi connectivity index (χ1v) is 9.51. The zero-order valence-corrected chi connectivity index (χ0v) is 16.3. The second-order valence-corrected chi connectivity index (χ2v) is 7.19. The number of halogens is 1. The molecule has 26 heavy (non-hydrogen) atoms. The van der Waals surface area contributed by atoms with Gasteiger partial charge in [0.25, 0.3) is 0 Å². The summed E-state index contributed by atoms with van der Waals surface area (Å²) >= 11 is 4.77. The number of carbonyl (C=O) groups excluding carboxylic acids is 1. The van der Waals surface area contributed by atoms with E-state index in [1.165, 1.54) is 11.8 Å². The highest BCUT2D eigenvalue weighted by molar-refractivity contribution is 9.10. The minimum Gasteiger partial charge on any atom is -0.497 e. The normalized spacial score (nSPS) is 15.5. The predicted octanol–water partition coefficient (Wildman–Crippen LogP) is 3.59. The van der Waals surface area contributed by atoms with Crippen molar-refractivity contribution in [2.75, 3.05) is 12.9 Å². The number of benzene rings is 2. The van der Waals surface area contributed by atoms with Gasteiger partial charge < -0.3 is 14.8 Å². The molecule has 134 valence electrons. The average Bonchev–Trinajstić information content (AvgIpc) is 3.06. The van der Waals surface area contributed by atoms with Crippen LogP contribution in [0.25, 0.3) is 0 Å². The molecule has 8 heteroatoms. The van der Waals surface area contributed by atoms with Gasteiger partial charge in [-0.1, -0.05) is 39.8 Å². The van der Waals surface area contributed by atoms with E-state index in [2.05, 4.69) is 31.4 Å². The second kappa shape index (κ2) is 8.86. The van der Waals surface area contributed by atoms with Gasteiger partial charge in [0.1, 0.15) is 18.1 Å². The molecule has 1 aliphatic rings. The Morgan fingerprint density at radius 2 is 2.19 bits per heavy atom. The van der Waals surface area contributed by atoms with E-state index in [1.54, 1.807) is 13.3 Å². The number of nitrogens with zero attached hydrogens (tertiary/aromatic N) is 2. The Bertz CT molecular complexity index is 871. The van der Waals surface area contributed by atoms with E-state index < -0.39 is 0 Å². The monoisotopic (exact) mass is 433 g/mol. The van der Waals surface area contributed by atoms with Crippen LogP contribution in [0.2, 0.25) is 0 Å². The fraction of sp³-hybridized carbons (Fsp3) is 0.167. The van der Waals surface area contributed by atoms with Crippen LogP contribution in [0, 0.1) is 0 Å². The molecule has 1 aliphatic heterocycles. The maximum Gasteiger partial charge on any atom is 0.236 e. The summed E-state index contributed by atoms with van der Waals surface area (Å²) in [4.78, 5) is 11.2. The quantitative estimate of drug-likeness (QED) is 0.557. The minimum atomic E-state index is -0.0614. The van der Waals surface area contributed by atoms with Gasteiger partial charge in [0.15, 0.2) is 5.17 Å². The molecular weight excluding hydrogens is 418 g/mol. The van der Waals surface area contributed by atoms with Crippen molar-refractivity contribution >= 4 is 45.0 Å². The number of amidine groups is 1. The molecule has 0 bridgehead atoms. The third kappa shape index (κ3) is 5.09. The number of carbonyl (C=O) groups is 1. The molecule has 1 amide bonds. The number of ether oxygens (including phenoxy) is 2. The summed E-state index contributed by atoms with van der Waals surface area (Å²) in [7, 11) is 1.63. The summed E-state index contributed by atoms with van der Waals surface area (Å²) in [5, 5.41) is 11.2. The molecule has 0 unspecified atom stereocenters. The van der Waals surface area contributed by atoms with Gasteiger partial charge in [-0.25, -0.2) is 0 Å². The average molecular weight is 434 g/mol. The zero-order valence-electron chi connectivity index (χ0n) is 13.9. The standard InChI is InChI=1S/C18H16BrN3O3S/c1-24-15-4-2-3-12(7-15)10-25-16-6-5-14(19)8-13(16)9-20-22-18-21-17(23)11-26-18/h2-9H,10-11H2,1H3,(H,21,22,23). The van der Waals surface area contributed by atoms with Crippen molar-refractivity contribution < 1.29 is 14.3 Å². The second-order valence-electron chi connectivity index (χ2n) is 5.31. The first kappa shape index (κ1) is 18.5. The fourth-order valence-electron chi connectivity index (χ4n) is 2.20. The highest BCUT2D eigenvalue weighted by Gasteiger charge is 2.16. The number of thioether (sulfide) groups is 1. The molecule has 6 nitrogen and oxygen atoms in total. The molecule has 1 N–H and O–H groups in total. The van der Waals surface area contributed by atoms with Crippen molar-refractivity contribution in [3.05, 3.63) is 58.1 Å². The van der Waals surface area contributed by atoms with Crippen molar-refractivity contribution in [1.82, 2.24) is 5.32 Å². The van der Waals surface area contributed by atoms with Crippen LogP contribution in [-0.4, -0.2) is 30.2 Å². The van der Waals surface area contributed by atoms with E-state index in [0.29, 0.717) is 23.3 Å². The number of amides is 1. The maximum absolute atomic E-state index is 11.2. The zero-order chi connectivity index (χ0) is 18.4. The van der Waals surface area contributed by atoms with Gasteiger partial charge in [-0.3, -0.25) is 4.79 Å². The number of hydrogen-bond donors (Lipinski definition) is 1. The smallest absolute Gasteiger partial charge is 0.236 e. The third-order valence-corrected chi connectivity index (χ3v) is 4.79. The Hall–Kier alpha value is -2.32. The van der Waals surface area contributed by atoms with E-state index in [4.69, 9.17) is 9.47 Å². The maximum atomic E-state index is 11.2. The van der Waals surface area contributed by atoms with Crippen molar-refractivity contribution in [3.8, 4) is 11.5 Å². The number of rotatable bonds is 6. The molecule has 1 heterocycles. The predicted molar refractivity (Wildman–Crippen MR) is 107 cm³/mol. The van der Waals surface area contributed by atoms with Crippen molar-refractivity contribution in [2.24, 2.45) is 10.2 Å². The van der Waals surface area contributed by atoms with E-state index >= 15 is 0 Å². The summed E-state index contributed by atoms with van der Waals surface area (Å²) in [6.07, 6.45) is 1.60. The molecular formula is C18H16BrN3O3S. The van der Waals surface area contributed by atoms with Gasteiger partial charge in [0, 0.05) is 10.0 Å². The van der Waals surface area contributed by atoms with Gasteiger partial charge in [-0.05, 0) is 35.9 Å². The number of methoxy groups -OCH3 is 1. The molecule has 0 atom stereocenters. The van der Waals surface area contributed by atoms with E-state index in [9.17, 15) is 4.79 Å². The summed E-state index contributed by atoms with van der Waals surface area (Å²) in [5.41, 5.74) is 1.78. The van der Waals surface area contributed by atoms with Gasteiger partial charge in [-0.2, -0.15) is 5.10 Å². The van der Waals surface area contributed by atoms with Crippen LogP contribution in [0.3, 0.4) is 0 Å². The highest BCUT2D eigenvalue weighted by atomic mass is 79.9. The molecule has 2 aromatic rings. The molecule has 3 rings (SSSR count). The lowest BCUT2D eigenvalue weighted by Gasteiger charge is -2.10. The molecule has 1 fully saturated rings. The van der Waals surface area contributed by atoms with Gasteiger partial charge >= 0.3 is 0 Å². The topological polar surface area (TPSA) is 72.3 Å². The molecule has 1 saturated heterocycles. The van der Waals surface area contributed by atoms with Gasteiger partial charge in [0.05, 0.1) is 19.1 Å². The Balaban J connectivity index is 1.72. The Kier molecular flexibility index (Phi) is 6.30. The summed E-state index contributed by atoms with van der Waals surface area (Å²) in [5.74, 6) is 1.78. The Labute approximate surface area is 163 Å². The van der Waals surface area contributed by atoms with E-state index in [-0.39, 0.29) is 5.91 Å². The summed E-state index contributed by atoms with van der Waals surface area (Å²) in [6, 6.07) is 13.4. The van der Waals surface area contributed by atoms with Crippen LogP contribution in [0.5, 0.6) is 11.5 Å². The lowest BCUT2D eigenvalue weighted by Crippen LogP contribution is -2.19. The highest BCUT2D eigenvalue weighted by Crippen LogP contribution is 2.23. The van der Waals surface area contributed by atoms with Gasteiger partial charge in [0.2, 0.25) is 5.91 Å². The van der Waals surface area contributed by atoms with Crippen molar-refractivity contribution in [1.29, 1.82) is 0 Å². The minimum absolute atomic E-state index is 0.0614. The lowest BCUT2D eigenvalue weighted by molar-refractivity contribution is -0.116. The molecule has 0 spiro atoms. The van der Waals surface area contributed by atoms with Crippen LogP contribution < -0.4 is 14.8 Å². The first-order valence-electron chi connectivity index (χ1n) is 7.73. The first-order chi connectivity index (χ1) is 12.6. The van der Waals surface area contributed by atoms with Crippen LogP contribution in [0.1, 0.15) is 11.1 Å². The van der Waals surface area contributed by atoms with Crippen LogP contribution in [0.4, 0.5) is 0 Å². The molecule has 0 aliphatic carbocycles. The van der Waals surface area contributed by atoms with Gasteiger partial charge in [-0.15, -0.1) is 5.10 Å². The Morgan fingerprint density at radius 1 is 1.31 bits per heavy atom. The fourth-order valence-corrected chi connectivity index (χ4v) is 3.21. The van der Waals surface area contributed by atoms with Crippen molar-refractivity contribution in [2.45, 2.75) is 6.61 Å². The van der Waals surface area contributed by atoms with E-state index in [1.807, 2.05) is 42.5 Å². The Morgan fingerprint density at radius 3 is 2.96 bits per heavy atom. The largest absolute Gasteiger partial charge is 0.497 e. The summed E-state index contributed by atoms with van der Waals surface area (Å²) in [6.45, 7) is 0.403. The van der Waals surface area contributed by atoms with Crippen LogP contribution in [0.15, 0.2) is 57.1 Å². The SMILES string of the molecule is COc1cccc(COc2ccc(Br)cc2C=NN=C2NC(=O)CS2)c1. The number of nitrogens with one attached hydrogen (secondary N) is 1. The molecule has 0 radical (unpaired) electrons. The molecule has 2 aromatic carbocycles. The van der Waals surface area contributed by atoms with Crippen molar-refractivity contribution in [3.63, 3.8) is 0 Å². The van der Waals surface area contributed by atoms with Crippen LogP contribution in [-0.2, 0) is 11.4 Å². The molecule has 0 aromatic heterocycles. The third-order valence-electron chi connectivity index (χ3n) is 3.43. The van der Waals surface area contributed by atoms with E-state index in [0.717, 1.165) is 21.3 Å². The molecule has 0 saturated carbocycles. The van der Waals surface area contributed by atoms with Crippen LogP contribution >= 0.6 is 27.7 Å². The summed E-state index contributed by atoms with van der Waals surface area (Å²) < 4.78 is 12.1.